The van der Waals surface area contributed by atoms with Crippen molar-refractivity contribution in [2.24, 2.45) is 16.2 Å². The molecule has 306 valence electrons. The highest BCUT2D eigenvalue weighted by Gasteiger charge is 2.54. The van der Waals surface area contributed by atoms with E-state index in [2.05, 4.69) is 0 Å². The highest BCUT2D eigenvalue weighted by molar-refractivity contribution is 6.27. The van der Waals surface area contributed by atoms with E-state index in [1.807, 2.05) is 98.7 Å². The zero-order valence-electron chi connectivity index (χ0n) is 35.1. The molecule has 0 spiro atoms. The van der Waals surface area contributed by atoms with E-state index in [1.54, 1.807) is 0 Å². The molecule has 0 saturated carbocycles. The topological polar surface area (TPSA) is 134 Å². The van der Waals surface area contributed by atoms with Crippen LogP contribution in [0.4, 0.5) is 0 Å². The van der Waals surface area contributed by atoms with Crippen LogP contribution in [-0.4, -0.2) is 56.6 Å². The van der Waals surface area contributed by atoms with Crippen LogP contribution < -0.4 is 28.4 Å². The highest BCUT2D eigenvalue weighted by atomic mass is 16.7. The van der Waals surface area contributed by atoms with Gasteiger partial charge in [-0.25, -0.2) is 0 Å². The summed E-state index contributed by atoms with van der Waals surface area (Å²) in [5, 5.41) is 5.16. The van der Waals surface area contributed by atoms with Crippen LogP contribution in [0.3, 0.4) is 0 Å². The minimum Gasteiger partial charge on any atom is -0.469 e. The molecular formula is C45H54O12. The number of methoxy groups -OCH3 is 3. The normalized spacial score (nSPS) is 22.3. The van der Waals surface area contributed by atoms with Crippen LogP contribution in [0.2, 0.25) is 0 Å². The van der Waals surface area contributed by atoms with Gasteiger partial charge >= 0.3 is 17.9 Å². The summed E-state index contributed by atoms with van der Waals surface area (Å²) in [4.78, 5) is 37.1. The van der Waals surface area contributed by atoms with Crippen molar-refractivity contribution in [2.75, 3.05) is 21.3 Å². The van der Waals surface area contributed by atoms with Crippen LogP contribution >= 0.6 is 0 Å². The van der Waals surface area contributed by atoms with Crippen molar-refractivity contribution in [1.29, 1.82) is 0 Å². The monoisotopic (exact) mass is 786 g/mol. The Morgan fingerprint density at radius 1 is 0.404 bits per heavy atom. The van der Waals surface area contributed by atoms with Crippen molar-refractivity contribution in [2.45, 2.75) is 118 Å². The maximum absolute atomic E-state index is 12.4. The number of fused-ring (bicyclic) bond motifs is 9. The first-order valence-electron chi connectivity index (χ1n) is 19.5. The van der Waals surface area contributed by atoms with Gasteiger partial charge in [0.1, 0.15) is 0 Å². The summed E-state index contributed by atoms with van der Waals surface area (Å²) in [6.45, 7) is 18.2. The van der Waals surface area contributed by atoms with Crippen LogP contribution in [0.1, 0.15) is 101 Å². The Bertz CT molecular complexity index is 1910. The Labute approximate surface area is 333 Å². The van der Waals surface area contributed by atoms with Gasteiger partial charge in [-0.05, 0) is 68.7 Å². The number of ether oxygens (including phenoxy) is 9. The van der Waals surface area contributed by atoms with Gasteiger partial charge in [-0.3, -0.25) is 14.4 Å². The Balaban J connectivity index is 1.45. The molecule has 7 rings (SSSR count). The van der Waals surface area contributed by atoms with Crippen molar-refractivity contribution in [3.63, 3.8) is 0 Å². The van der Waals surface area contributed by atoms with Gasteiger partial charge in [-0.2, -0.15) is 0 Å². The molecule has 57 heavy (non-hydrogen) atoms. The molecule has 0 aliphatic carbocycles. The van der Waals surface area contributed by atoms with Gasteiger partial charge < -0.3 is 42.6 Å². The maximum atomic E-state index is 12.4. The Kier molecular flexibility index (Phi) is 9.48. The largest absolute Gasteiger partial charge is 0.469 e. The summed E-state index contributed by atoms with van der Waals surface area (Å²) in [5.41, 5.74) is -1.60. The molecular weight excluding hydrogens is 732 g/mol. The fourth-order valence-electron chi connectivity index (χ4n) is 8.08. The third-order valence-electron chi connectivity index (χ3n) is 11.9. The Morgan fingerprint density at radius 2 is 0.579 bits per heavy atom. The first kappa shape index (κ1) is 40.1. The van der Waals surface area contributed by atoms with Crippen LogP contribution in [0.15, 0.2) is 36.4 Å². The third kappa shape index (κ3) is 6.58. The molecule has 0 aromatic heterocycles. The van der Waals surface area contributed by atoms with Gasteiger partial charge in [-0.1, -0.05) is 62.3 Å². The fraction of sp³-hybridized carbons (Fsp3) is 0.533. The fourth-order valence-corrected chi connectivity index (χ4v) is 8.08. The molecule has 12 heteroatoms. The number of hydrogen-bond acceptors (Lipinski definition) is 12. The van der Waals surface area contributed by atoms with E-state index in [0.29, 0.717) is 34.5 Å². The molecule has 0 N–H and O–H groups in total. The summed E-state index contributed by atoms with van der Waals surface area (Å²) in [5.74, 6) is -1.28. The quantitative estimate of drug-likeness (QED) is 0.0909. The number of benzene rings is 4. The predicted molar refractivity (Wildman–Crippen MR) is 213 cm³/mol. The average Bonchev–Trinajstić information content (AvgIpc) is 3.84. The second kappa shape index (κ2) is 13.5. The van der Waals surface area contributed by atoms with Crippen molar-refractivity contribution in [1.82, 2.24) is 0 Å². The SMILES string of the molecule is COC(=O)CCC1(C(C)(C)C)Oc2cc3c4cc5c(cc4c4cc6c(cc4c3cc2O1)OC(CCC(=O)OC)(C(C)(C)C)O6)OC(CCC(=O)OC)(C(C)(C)C)O5. The molecule has 0 amide bonds. The van der Waals surface area contributed by atoms with Crippen molar-refractivity contribution < 1.29 is 57.0 Å². The predicted octanol–water partition coefficient (Wildman–Crippen LogP) is 9.55. The zero-order valence-corrected chi connectivity index (χ0v) is 35.1. The van der Waals surface area contributed by atoms with Gasteiger partial charge in [0.2, 0.25) is 0 Å². The Morgan fingerprint density at radius 3 is 0.719 bits per heavy atom. The van der Waals surface area contributed by atoms with Crippen molar-refractivity contribution in [3.05, 3.63) is 36.4 Å². The molecule has 0 atom stereocenters. The van der Waals surface area contributed by atoms with Gasteiger partial charge in [0, 0.05) is 35.5 Å². The lowest BCUT2D eigenvalue weighted by Gasteiger charge is -2.39. The van der Waals surface area contributed by atoms with E-state index in [9.17, 15) is 14.4 Å². The van der Waals surface area contributed by atoms with Crippen LogP contribution in [0.5, 0.6) is 34.5 Å². The third-order valence-corrected chi connectivity index (χ3v) is 11.9. The van der Waals surface area contributed by atoms with E-state index in [1.165, 1.54) is 21.3 Å². The molecule has 0 fully saturated rings. The molecule has 3 aliphatic heterocycles. The molecule has 4 aromatic carbocycles. The summed E-state index contributed by atoms with van der Waals surface area (Å²) in [6.07, 6.45) is 1.14. The van der Waals surface area contributed by atoms with E-state index in [4.69, 9.17) is 42.6 Å². The van der Waals surface area contributed by atoms with Crippen LogP contribution in [-0.2, 0) is 28.6 Å². The lowest BCUT2D eigenvalue weighted by Crippen LogP contribution is -2.50. The molecule has 0 saturated heterocycles. The lowest BCUT2D eigenvalue weighted by molar-refractivity contribution is -0.171. The lowest BCUT2D eigenvalue weighted by atomic mass is 9.82. The minimum atomic E-state index is -1.15. The molecule has 4 aromatic rings. The summed E-state index contributed by atoms with van der Waals surface area (Å²) in [7, 11) is 4.10. The summed E-state index contributed by atoms with van der Waals surface area (Å²) >= 11 is 0. The molecule has 0 radical (unpaired) electrons. The number of carbonyl (C=O) groups excluding carboxylic acids is 3. The van der Waals surface area contributed by atoms with Gasteiger partial charge in [-0.15, -0.1) is 0 Å². The number of rotatable bonds is 9. The van der Waals surface area contributed by atoms with Gasteiger partial charge in [0.05, 0.1) is 40.6 Å². The standard InChI is InChI=1S/C45H54O12/c1-40(2,3)43(16-13-37(46)49-10)52-31-19-25-26(20-32(31)53-43)28-22-34-36(57-45(55-34,42(7,8)9)18-15-39(48)51-12)24-30(28)29-23-35-33(21-27(25)29)54-44(56-35,41(4,5)6)17-14-38(47)50-11/h19-24H,13-18H2,1-12H3. The van der Waals surface area contributed by atoms with E-state index >= 15 is 0 Å². The average molecular weight is 787 g/mol. The van der Waals surface area contributed by atoms with Crippen LogP contribution in [0, 0.1) is 16.2 Å². The van der Waals surface area contributed by atoms with Gasteiger partial charge in [0.25, 0.3) is 17.4 Å². The minimum absolute atomic E-state index is 0.108. The first-order chi connectivity index (χ1) is 26.6. The summed E-state index contributed by atoms with van der Waals surface area (Å²) in [6, 6.07) is 11.9. The van der Waals surface area contributed by atoms with E-state index in [-0.39, 0.29) is 56.4 Å². The molecule has 3 aliphatic rings. The summed E-state index contributed by atoms with van der Waals surface area (Å²) < 4.78 is 55.4. The second-order valence-corrected chi connectivity index (χ2v) is 18.4. The molecule has 3 heterocycles. The van der Waals surface area contributed by atoms with Crippen molar-refractivity contribution in [3.8, 4) is 34.5 Å². The van der Waals surface area contributed by atoms with Crippen molar-refractivity contribution >= 4 is 50.2 Å². The molecule has 0 unspecified atom stereocenters. The first-order valence-corrected chi connectivity index (χ1v) is 19.5. The van der Waals surface area contributed by atoms with E-state index in [0.717, 1.165) is 32.3 Å². The number of carbonyl (C=O) groups is 3. The molecule has 0 bridgehead atoms. The second-order valence-electron chi connectivity index (χ2n) is 18.4. The van der Waals surface area contributed by atoms with Gasteiger partial charge in [0.15, 0.2) is 34.5 Å². The van der Waals surface area contributed by atoms with E-state index < -0.39 is 33.6 Å². The Hall–Kier alpha value is -5.13. The number of esters is 3. The zero-order chi connectivity index (χ0) is 41.5. The molecule has 12 nitrogen and oxygen atoms in total. The smallest absolute Gasteiger partial charge is 0.305 e. The maximum Gasteiger partial charge on any atom is 0.305 e. The van der Waals surface area contributed by atoms with Crippen LogP contribution in [0.25, 0.3) is 32.3 Å². The highest BCUT2D eigenvalue weighted by Crippen LogP contribution is 2.57. The number of hydrogen-bond donors (Lipinski definition) is 0.